The minimum Gasteiger partial charge on any atom is -0.312 e. The molecule has 1 N–H and O–H groups in total. The Balaban J connectivity index is 2.74. The molecule has 5 heteroatoms. The van der Waals surface area contributed by atoms with Gasteiger partial charge in [-0.25, -0.2) is 0 Å². The average molecular weight is 231 g/mol. The lowest BCUT2D eigenvalue weighted by Gasteiger charge is -2.19. The maximum atomic E-state index is 6.10. The molecular formula is C10H19ClN4. The normalized spacial score (nSPS) is 13.5. The van der Waals surface area contributed by atoms with Crippen molar-refractivity contribution in [1.29, 1.82) is 0 Å². The Bertz CT molecular complexity index is 289. The number of aromatic nitrogens is 2. The van der Waals surface area contributed by atoms with Gasteiger partial charge in [0.05, 0.1) is 23.0 Å². The highest BCUT2D eigenvalue weighted by atomic mass is 35.5. The van der Waals surface area contributed by atoms with Gasteiger partial charge in [-0.2, -0.15) is 5.10 Å². The molecule has 0 aliphatic heterocycles. The summed E-state index contributed by atoms with van der Waals surface area (Å²) in [6.07, 6.45) is 2.71. The molecule has 0 saturated heterocycles. The number of rotatable bonds is 5. The van der Waals surface area contributed by atoms with E-state index in [-0.39, 0.29) is 6.04 Å². The first-order valence-electron chi connectivity index (χ1n) is 5.05. The summed E-state index contributed by atoms with van der Waals surface area (Å²) in [5.74, 6) is 0. The van der Waals surface area contributed by atoms with Crippen LogP contribution >= 0.6 is 11.6 Å². The van der Waals surface area contributed by atoms with Gasteiger partial charge in [-0.1, -0.05) is 11.6 Å². The van der Waals surface area contributed by atoms with E-state index in [2.05, 4.69) is 29.4 Å². The molecule has 0 radical (unpaired) electrons. The molecule has 1 atom stereocenters. The van der Waals surface area contributed by atoms with Crippen molar-refractivity contribution in [3.8, 4) is 0 Å². The summed E-state index contributed by atoms with van der Waals surface area (Å²) >= 11 is 6.10. The van der Waals surface area contributed by atoms with Crippen molar-refractivity contribution in [3.05, 3.63) is 16.9 Å². The van der Waals surface area contributed by atoms with Crippen LogP contribution in [-0.2, 0) is 7.05 Å². The number of hydrogen-bond acceptors (Lipinski definition) is 3. The highest BCUT2D eigenvalue weighted by Gasteiger charge is 2.17. The minimum atomic E-state index is 0.257. The SMILES string of the molecule is CNC(CCN(C)C)c1c(Cl)cnn1C. The second-order valence-electron chi connectivity index (χ2n) is 3.93. The quantitative estimate of drug-likeness (QED) is 0.828. The van der Waals surface area contributed by atoms with E-state index in [0.29, 0.717) is 0 Å². The molecule has 0 amide bonds. The van der Waals surface area contributed by atoms with Gasteiger partial charge >= 0.3 is 0 Å². The molecule has 0 spiro atoms. The van der Waals surface area contributed by atoms with Crippen molar-refractivity contribution in [2.24, 2.45) is 7.05 Å². The first kappa shape index (κ1) is 12.5. The molecule has 15 heavy (non-hydrogen) atoms. The van der Waals surface area contributed by atoms with Crippen molar-refractivity contribution < 1.29 is 0 Å². The number of aryl methyl sites for hydroxylation is 1. The molecule has 1 aromatic rings. The van der Waals surface area contributed by atoms with Crippen LogP contribution in [0.1, 0.15) is 18.2 Å². The van der Waals surface area contributed by atoms with Crippen LogP contribution in [0, 0.1) is 0 Å². The molecule has 0 aromatic carbocycles. The third-order valence-corrected chi connectivity index (χ3v) is 2.77. The van der Waals surface area contributed by atoms with Gasteiger partial charge < -0.3 is 10.2 Å². The van der Waals surface area contributed by atoms with Crippen molar-refractivity contribution in [2.75, 3.05) is 27.7 Å². The van der Waals surface area contributed by atoms with Gasteiger partial charge in [0.2, 0.25) is 0 Å². The van der Waals surface area contributed by atoms with E-state index in [1.54, 1.807) is 6.20 Å². The number of halogens is 1. The Morgan fingerprint density at radius 1 is 1.60 bits per heavy atom. The highest BCUT2D eigenvalue weighted by Crippen LogP contribution is 2.24. The topological polar surface area (TPSA) is 33.1 Å². The third-order valence-electron chi connectivity index (χ3n) is 2.48. The Hall–Kier alpha value is -0.580. The van der Waals surface area contributed by atoms with Crippen LogP contribution < -0.4 is 5.32 Å². The van der Waals surface area contributed by atoms with Gasteiger partial charge in [-0.3, -0.25) is 4.68 Å². The predicted molar refractivity (Wildman–Crippen MR) is 63.2 cm³/mol. The van der Waals surface area contributed by atoms with E-state index in [9.17, 15) is 0 Å². The highest BCUT2D eigenvalue weighted by molar-refractivity contribution is 6.31. The van der Waals surface area contributed by atoms with Gasteiger partial charge in [0.15, 0.2) is 0 Å². The molecule has 0 aliphatic carbocycles. The maximum Gasteiger partial charge on any atom is 0.0834 e. The van der Waals surface area contributed by atoms with Gasteiger partial charge in [0, 0.05) is 7.05 Å². The second-order valence-corrected chi connectivity index (χ2v) is 4.34. The number of nitrogens with one attached hydrogen (secondary N) is 1. The molecule has 4 nitrogen and oxygen atoms in total. The summed E-state index contributed by atoms with van der Waals surface area (Å²) in [5, 5.41) is 8.14. The smallest absolute Gasteiger partial charge is 0.0834 e. The lowest BCUT2D eigenvalue weighted by atomic mass is 10.1. The number of hydrogen-bond donors (Lipinski definition) is 1. The van der Waals surface area contributed by atoms with Crippen LogP contribution in [0.3, 0.4) is 0 Å². The molecule has 1 unspecified atom stereocenters. The molecule has 1 heterocycles. The average Bonchev–Trinajstić information content (AvgIpc) is 2.49. The van der Waals surface area contributed by atoms with Crippen LogP contribution in [0.5, 0.6) is 0 Å². The zero-order valence-electron chi connectivity index (χ0n) is 9.79. The van der Waals surface area contributed by atoms with Gasteiger partial charge in [-0.15, -0.1) is 0 Å². The van der Waals surface area contributed by atoms with E-state index in [1.165, 1.54) is 0 Å². The predicted octanol–water partition coefficient (Wildman–Crippen LogP) is 1.29. The largest absolute Gasteiger partial charge is 0.312 e. The number of nitrogens with zero attached hydrogens (tertiary/aromatic N) is 3. The summed E-state index contributed by atoms with van der Waals surface area (Å²) in [4.78, 5) is 2.16. The Kier molecular flexibility index (Phi) is 4.57. The molecule has 1 rings (SSSR count). The van der Waals surface area contributed by atoms with Crippen LogP contribution in [0.25, 0.3) is 0 Å². The molecule has 0 saturated carbocycles. The Morgan fingerprint density at radius 3 is 2.67 bits per heavy atom. The monoisotopic (exact) mass is 230 g/mol. The van der Waals surface area contributed by atoms with Crippen molar-refractivity contribution in [2.45, 2.75) is 12.5 Å². The fourth-order valence-electron chi connectivity index (χ4n) is 1.62. The molecular weight excluding hydrogens is 212 g/mol. The molecule has 86 valence electrons. The fourth-order valence-corrected chi connectivity index (χ4v) is 1.91. The van der Waals surface area contributed by atoms with Crippen LogP contribution in [0.4, 0.5) is 0 Å². The molecule has 0 fully saturated rings. The van der Waals surface area contributed by atoms with Crippen LogP contribution in [-0.4, -0.2) is 42.4 Å². The molecule has 0 bridgehead atoms. The van der Waals surface area contributed by atoms with Gasteiger partial charge in [0.25, 0.3) is 0 Å². The first-order valence-corrected chi connectivity index (χ1v) is 5.43. The van der Waals surface area contributed by atoms with E-state index in [1.807, 2.05) is 18.8 Å². The lowest BCUT2D eigenvalue weighted by molar-refractivity contribution is 0.362. The fraction of sp³-hybridized carbons (Fsp3) is 0.700. The minimum absolute atomic E-state index is 0.257. The second kappa shape index (κ2) is 5.49. The zero-order valence-corrected chi connectivity index (χ0v) is 10.5. The van der Waals surface area contributed by atoms with Crippen molar-refractivity contribution >= 4 is 11.6 Å². The van der Waals surface area contributed by atoms with Crippen LogP contribution in [0.2, 0.25) is 5.02 Å². The first-order chi connectivity index (χ1) is 7.06. The summed E-state index contributed by atoms with van der Waals surface area (Å²) in [6.45, 7) is 1.02. The summed E-state index contributed by atoms with van der Waals surface area (Å²) in [6, 6.07) is 0.257. The Labute approximate surface area is 96.2 Å². The molecule has 0 aliphatic rings. The van der Waals surface area contributed by atoms with Crippen LogP contribution in [0.15, 0.2) is 6.20 Å². The summed E-state index contributed by atoms with van der Waals surface area (Å²) < 4.78 is 1.83. The summed E-state index contributed by atoms with van der Waals surface area (Å²) in [7, 11) is 8.00. The van der Waals surface area contributed by atoms with E-state index in [0.717, 1.165) is 23.7 Å². The van der Waals surface area contributed by atoms with Gasteiger partial charge in [0.1, 0.15) is 0 Å². The van der Waals surface area contributed by atoms with Crippen molar-refractivity contribution in [1.82, 2.24) is 20.0 Å². The third kappa shape index (κ3) is 3.19. The summed E-state index contributed by atoms with van der Waals surface area (Å²) in [5.41, 5.74) is 1.06. The van der Waals surface area contributed by atoms with E-state index >= 15 is 0 Å². The Morgan fingerprint density at radius 2 is 2.27 bits per heavy atom. The zero-order chi connectivity index (χ0) is 11.4. The lowest BCUT2D eigenvalue weighted by Crippen LogP contribution is -2.24. The van der Waals surface area contributed by atoms with E-state index < -0.39 is 0 Å². The standard InChI is InChI=1S/C10H19ClN4/c1-12-9(5-6-14(2)3)10-8(11)7-13-15(10)4/h7,9,12H,5-6H2,1-4H3. The van der Waals surface area contributed by atoms with E-state index in [4.69, 9.17) is 11.6 Å². The molecule has 1 aromatic heterocycles. The van der Waals surface area contributed by atoms with Crippen molar-refractivity contribution in [3.63, 3.8) is 0 Å². The maximum absolute atomic E-state index is 6.10. The van der Waals surface area contributed by atoms with Gasteiger partial charge in [-0.05, 0) is 34.1 Å².